The number of hydroxylamine groups is 2. The molecule has 0 aliphatic carbocycles. The van der Waals surface area contributed by atoms with Crippen LogP contribution in [-0.4, -0.2) is 74.5 Å². The largest absolute Gasteiger partial charge is 0.442 e. The Morgan fingerprint density at radius 1 is 1.26 bits per heavy atom. The normalized spacial score (nSPS) is 24.2. The topological polar surface area (TPSA) is 112 Å². The van der Waals surface area contributed by atoms with E-state index in [4.69, 9.17) is 9.26 Å². The Hall–Kier alpha value is -2.62. The lowest BCUT2D eigenvalue weighted by Gasteiger charge is -2.33. The second kappa shape index (κ2) is 9.93. The van der Waals surface area contributed by atoms with E-state index in [9.17, 15) is 14.8 Å². The van der Waals surface area contributed by atoms with Crippen molar-refractivity contribution in [2.75, 3.05) is 19.6 Å². The standard InChI is InChI=1S/C24H37N5O5/c1-16(25-22(30)33-24(2,3)4)27-12-10-17(11-13-27)6-5-7-19-14-20(26-34-19)21-9-8-18-15-28(21)23(31)29(18)32/h14,17-18,21,32H,5-13,15H2,1-4H3/t18-,21+/m1/s1. The fourth-order valence-electron chi connectivity index (χ4n) is 5.16. The number of hydrogen-bond donors (Lipinski definition) is 1. The van der Waals surface area contributed by atoms with Crippen LogP contribution in [0.25, 0.3) is 0 Å². The fourth-order valence-corrected chi connectivity index (χ4v) is 5.16. The first kappa shape index (κ1) is 24.5. The highest BCUT2D eigenvalue weighted by Crippen LogP contribution is 2.37. The Kier molecular flexibility index (Phi) is 7.16. The lowest BCUT2D eigenvalue weighted by molar-refractivity contribution is -0.0584. The third kappa shape index (κ3) is 5.71. The van der Waals surface area contributed by atoms with E-state index < -0.39 is 11.7 Å². The Balaban J connectivity index is 1.19. The summed E-state index contributed by atoms with van der Waals surface area (Å²) >= 11 is 0. The molecule has 0 spiro atoms. The third-order valence-electron chi connectivity index (χ3n) is 7.02. The molecule has 10 heteroatoms. The Labute approximate surface area is 200 Å². The molecule has 3 fully saturated rings. The van der Waals surface area contributed by atoms with Crippen molar-refractivity contribution in [3.63, 3.8) is 0 Å². The second-order valence-corrected chi connectivity index (χ2v) is 10.7. The van der Waals surface area contributed by atoms with Gasteiger partial charge in [-0.1, -0.05) is 5.16 Å². The van der Waals surface area contributed by atoms with Crippen LogP contribution in [0.2, 0.25) is 0 Å². The van der Waals surface area contributed by atoms with Gasteiger partial charge in [-0.05, 0) is 72.1 Å². The highest BCUT2D eigenvalue weighted by atomic mass is 16.6. The number of urea groups is 1. The van der Waals surface area contributed by atoms with Crippen molar-refractivity contribution in [3.05, 3.63) is 17.5 Å². The molecule has 34 heavy (non-hydrogen) atoms. The van der Waals surface area contributed by atoms with Gasteiger partial charge >= 0.3 is 12.1 Å². The first-order chi connectivity index (χ1) is 16.1. The zero-order valence-electron chi connectivity index (χ0n) is 20.7. The molecule has 2 atom stereocenters. The maximum Gasteiger partial charge on any atom is 0.435 e. The first-order valence-corrected chi connectivity index (χ1v) is 12.4. The monoisotopic (exact) mass is 475 g/mol. The highest BCUT2D eigenvalue weighted by molar-refractivity contribution is 5.90. The molecule has 3 aliphatic heterocycles. The second-order valence-electron chi connectivity index (χ2n) is 10.7. The van der Waals surface area contributed by atoms with Gasteiger partial charge in [0.2, 0.25) is 0 Å². The number of amides is 3. The summed E-state index contributed by atoms with van der Waals surface area (Å²) in [6.45, 7) is 9.71. The molecule has 0 unspecified atom stereocenters. The first-order valence-electron chi connectivity index (χ1n) is 12.4. The van der Waals surface area contributed by atoms with Crippen LogP contribution in [-0.2, 0) is 11.2 Å². The van der Waals surface area contributed by atoms with Crippen LogP contribution in [0.3, 0.4) is 0 Å². The van der Waals surface area contributed by atoms with Crippen LogP contribution in [0.1, 0.15) is 83.7 Å². The minimum atomic E-state index is -0.538. The number of rotatable bonds is 5. The number of ether oxygens (including phenoxy) is 1. The third-order valence-corrected chi connectivity index (χ3v) is 7.02. The van der Waals surface area contributed by atoms with Crippen molar-refractivity contribution in [1.29, 1.82) is 0 Å². The fraction of sp³-hybridized carbons (Fsp3) is 0.750. The molecule has 0 aromatic carbocycles. The molecule has 0 radical (unpaired) electrons. The van der Waals surface area contributed by atoms with Crippen LogP contribution in [0.5, 0.6) is 0 Å². The summed E-state index contributed by atoms with van der Waals surface area (Å²) in [7, 11) is 0. The average molecular weight is 476 g/mol. The number of nitrogens with zero attached hydrogens (tertiary/aromatic N) is 5. The van der Waals surface area contributed by atoms with Crippen LogP contribution >= 0.6 is 0 Å². The van der Waals surface area contributed by atoms with E-state index >= 15 is 0 Å². The van der Waals surface area contributed by atoms with Crippen molar-refractivity contribution < 1.29 is 24.1 Å². The predicted octanol–water partition coefficient (Wildman–Crippen LogP) is 4.39. The molecule has 1 aromatic rings. The number of carbonyl (C=O) groups excluding carboxylic acids is 2. The Morgan fingerprint density at radius 3 is 2.71 bits per heavy atom. The van der Waals surface area contributed by atoms with Gasteiger partial charge in [-0.3, -0.25) is 5.21 Å². The molecule has 3 aliphatic rings. The zero-order valence-corrected chi connectivity index (χ0v) is 20.7. The van der Waals surface area contributed by atoms with Gasteiger partial charge in [0.25, 0.3) is 0 Å². The summed E-state index contributed by atoms with van der Waals surface area (Å²) in [4.78, 5) is 32.1. The minimum absolute atomic E-state index is 0.103. The van der Waals surface area contributed by atoms with E-state index in [-0.39, 0.29) is 18.1 Å². The molecule has 0 saturated carbocycles. The molecular weight excluding hydrogens is 438 g/mol. The van der Waals surface area contributed by atoms with E-state index in [1.54, 1.807) is 4.90 Å². The lowest BCUT2D eigenvalue weighted by atomic mass is 9.91. The van der Waals surface area contributed by atoms with E-state index in [1.165, 1.54) is 0 Å². The van der Waals surface area contributed by atoms with Crippen LogP contribution in [0.4, 0.5) is 9.59 Å². The molecule has 2 bridgehead atoms. The minimum Gasteiger partial charge on any atom is -0.442 e. The molecule has 1 aromatic heterocycles. The molecule has 188 valence electrons. The summed E-state index contributed by atoms with van der Waals surface area (Å²) in [6, 6.07) is 1.41. The van der Waals surface area contributed by atoms with Crippen LogP contribution < -0.4 is 0 Å². The quantitative estimate of drug-likeness (QED) is 0.382. The van der Waals surface area contributed by atoms with Gasteiger partial charge in [0.05, 0.1) is 12.1 Å². The number of likely N-dealkylation sites (tertiary alicyclic amines) is 1. The zero-order chi connectivity index (χ0) is 24.5. The number of fused-ring (bicyclic) bond motifs is 2. The SMILES string of the molecule is CC(=NC(=O)OC(C)(C)C)N1CCC(CCCc2cc([C@@H]3CC[C@@H]4CN3C(=O)N4O)no2)CC1. The van der Waals surface area contributed by atoms with Crippen molar-refractivity contribution >= 4 is 18.0 Å². The van der Waals surface area contributed by atoms with Gasteiger partial charge in [0.1, 0.15) is 22.9 Å². The van der Waals surface area contributed by atoms with Gasteiger partial charge in [0, 0.05) is 32.1 Å². The van der Waals surface area contributed by atoms with Crippen molar-refractivity contribution in [3.8, 4) is 0 Å². The van der Waals surface area contributed by atoms with Crippen LogP contribution in [0.15, 0.2) is 15.6 Å². The highest BCUT2D eigenvalue weighted by Gasteiger charge is 2.45. The molecule has 3 saturated heterocycles. The van der Waals surface area contributed by atoms with E-state index in [1.807, 2.05) is 33.8 Å². The number of aliphatic imine (C=N–C) groups is 1. The molecule has 4 heterocycles. The van der Waals surface area contributed by atoms with Gasteiger partial charge in [-0.15, -0.1) is 0 Å². The number of carbonyl (C=O) groups is 2. The van der Waals surface area contributed by atoms with Gasteiger partial charge in [-0.25, -0.2) is 14.7 Å². The summed E-state index contributed by atoms with van der Waals surface area (Å²) in [5.74, 6) is 2.21. The average Bonchev–Trinajstić information content (AvgIpc) is 3.33. The molecular formula is C24H37N5O5. The number of aryl methyl sites for hydroxylation is 1. The smallest absolute Gasteiger partial charge is 0.435 e. The van der Waals surface area contributed by atoms with Gasteiger partial charge < -0.3 is 19.1 Å². The number of aromatic nitrogens is 1. The van der Waals surface area contributed by atoms with Gasteiger partial charge in [0.15, 0.2) is 0 Å². The maximum atomic E-state index is 12.2. The number of hydrogen-bond acceptors (Lipinski definition) is 6. The van der Waals surface area contributed by atoms with Crippen LogP contribution in [0, 0.1) is 5.92 Å². The summed E-state index contributed by atoms with van der Waals surface area (Å²) in [5, 5.41) is 15.0. The number of amidine groups is 1. The molecule has 4 rings (SSSR count). The molecule has 3 amide bonds. The predicted molar refractivity (Wildman–Crippen MR) is 125 cm³/mol. The van der Waals surface area contributed by atoms with E-state index in [2.05, 4.69) is 15.0 Å². The Morgan fingerprint density at radius 2 is 2.00 bits per heavy atom. The van der Waals surface area contributed by atoms with E-state index in [0.29, 0.717) is 12.5 Å². The van der Waals surface area contributed by atoms with Crippen molar-refractivity contribution in [1.82, 2.24) is 20.0 Å². The summed E-state index contributed by atoms with van der Waals surface area (Å²) in [5.41, 5.74) is 0.245. The summed E-state index contributed by atoms with van der Waals surface area (Å²) in [6.07, 6.45) is 6.12. The van der Waals surface area contributed by atoms with Gasteiger partial charge in [-0.2, -0.15) is 4.99 Å². The van der Waals surface area contributed by atoms with Crippen molar-refractivity contribution in [2.45, 2.75) is 90.3 Å². The Bertz CT molecular complexity index is 915. The number of piperidine rings is 2. The maximum absolute atomic E-state index is 12.2. The lowest BCUT2D eigenvalue weighted by Crippen LogP contribution is -2.38. The summed E-state index contributed by atoms with van der Waals surface area (Å²) < 4.78 is 10.8. The molecule has 10 nitrogen and oxygen atoms in total. The van der Waals surface area contributed by atoms with E-state index in [0.717, 1.165) is 80.4 Å². The van der Waals surface area contributed by atoms with Crippen molar-refractivity contribution in [2.24, 2.45) is 10.9 Å². The molecule has 1 N–H and O–H groups in total.